The number of benzene rings is 1. The van der Waals surface area contributed by atoms with Crippen molar-refractivity contribution in [2.45, 2.75) is 56.4 Å². The van der Waals surface area contributed by atoms with Crippen LogP contribution in [0.3, 0.4) is 0 Å². The molecule has 3 atom stereocenters. The Balaban J connectivity index is 1.18. The summed E-state index contributed by atoms with van der Waals surface area (Å²) in [5.74, 6) is 0.0417. The summed E-state index contributed by atoms with van der Waals surface area (Å²) >= 11 is 6.15. The first-order valence-electron chi connectivity index (χ1n) is 13.9. The summed E-state index contributed by atoms with van der Waals surface area (Å²) < 4.78 is 16.4. The van der Waals surface area contributed by atoms with Crippen LogP contribution in [0.25, 0.3) is 5.65 Å². The Labute approximate surface area is 228 Å². The van der Waals surface area contributed by atoms with Crippen molar-refractivity contribution in [1.29, 1.82) is 0 Å². The van der Waals surface area contributed by atoms with Crippen LogP contribution in [0, 0.1) is 17.7 Å². The number of carboxylic acids is 1. The molecular formula is C30H36ClFN4O2. The number of hydrogen-bond donors (Lipinski definition) is 1. The van der Waals surface area contributed by atoms with Crippen LogP contribution in [-0.2, 0) is 4.79 Å². The number of halogens is 2. The van der Waals surface area contributed by atoms with Gasteiger partial charge in [-0.3, -0.25) is 9.69 Å². The molecule has 8 heteroatoms. The molecule has 38 heavy (non-hydrogen) atoms. The van der Waals surface area contributed by atoms with E-state index >= 15 is 0 Å². The maximum atomic E-state index is 14.2. The second-order valence-electron chi connectivity index (χ2n) is 11.7. The number of carbonyl (C=O) groups is 1. The van der Waals surface area contributed by atoms with Crippen molar-refractivity contribution < 1.29 is 14.3 Å². The third-order valence-electron chi connectivity index (χ3n) is 9.71. The summed E-state index contributed by atoms with van der Waals surface area (Å²) in [7, 11) is 0. The smallest absolute Gasteiger partial charge is 0.324 e. The maximum absolute atomic E-state index is 14.2. The van der Waals surface area contributed by atoms with Crippen LogP contribution in [0.1, 0.15) is 62.1 Å². The number of aliphatic carboxylic acids is 1. The number of aromatic nitrogens is 2. The van der Waals surface area contributed by atoms with Crippen molar-refractivity contribution in [3.05, 3.63) is 70.9 Å². The molecule has 3 aliphatic rings. The van der Waals surface area contributed by atoms with Crippen LogP contribution in [-0.4, -0.2) is 68.5 Å². The van der Waals surface area contributed by atoms with Gasteiger partial charge in [0.15, 0.2) is 0 Å². The van der Waals surface area contributed by atoms with E-state index in [-0.39, 0.29) is 23.6 Å². The largest absolute Gasteiger partial charge is 0.480 e. The van der Waals surface area contributed by atoms with Crippen molar-refractivity contribution in [2.24, 2.45) is 11.8 Å². The first-order valence-corrected chi connectivity index (χ1v) is 14.3. The lowest BCUT2D eigenvalue weighted by molar-refractivity contribution is -0.156. The van der Waals surface area contributed by atoms with Crippen molar-refractivity contribution in [3.8, 4) is 0 Å². The number of likely N-dealkylation sites (tertiary alicyclic amines) is 2. The Bertz CT molecular complexity index is 1320. The molecule has 2 saturated heterocycles. The third kappa shape index (κ3) is 4.63. The molecule has 0 radical (unpaired) electrons. The molecule has 2 aliphatic heterocycles. The lowest BCUT2D eigenvalue weighted by Gasteiger charge is -2.45. The number of rotatable bonds is 7. The molecule has 1 aromatic carbocycles. The van der Waals surface area contributed by atoms with Gasteiger partial charge in [0.2, 0.25) is 0 Å². The second-order valence-corrected chi connectivity index (χ2v) is 12.2. The molecular weight excluding hydrogens is 503 g/mol. The molecule has 1 saturated carbocycles. The summed E-state index contributed by atoms with van der Waals surface area (Å²) in [5.41, 5.74) is 2.24. The Hall–Kier alpha value is -2.48. The van der Waals surface area contributed by atoms with E-state index < -0.39 is 11.5 Å². The minimum absolute atomic E-state index is 0.116. The first kappa shape index (κ1) is 25.8. The van der Waals surface area contributed by atoms with Gasteiger partial charge in [-0.05, 0) is 87.4 Å². The molecule has 6 nitrogen and oxygen atoms in total. The highest BCUT2D eigenvalue weighted by Gasteiger charge is 2.52. The molecule has 2 aromatic heterocycles. The summed E-state index contributed by atoms with van der Waals surface area (Å²) in [6.45, 7) is 6.17. The standard InChI is InChI=1S/C30H36ClFN4O2/c1-30(29(37)38,23-5-3-6-23)35-18-22(26(19-35)21-4-2-7-25(32)14-21)17-34-11-8-20(9-12-34)27-16-33-28-15-24(31)10-13-36(27)28/h2,4,7,10,13-16,20,22-23,26H,3,5-6,8-9,11-12,17-19H2,1H3,(H,37,38)/t22-,26+,30+/m0/s1. The van der Waals surface area contributed by atoms with Crippen LogP contribution >= 0.6 is 11.6 Å². The number of pyridine rings is 1. The van der Waals surface area contributed by atoms with Crippen LogP contribution in [0.15, 0.2) is 48.8 Å². The molecule has 0 spiro atoms. The van der Waals surface area contributed by atoms with Gasteiger partial charge in [-0.25, -0.2) is 9.37 Å². The first-order chi connectivity index (χ1) is 18.3. The molecule has 202 valence electrons. The fraction of sp³-hybridized carbons (Fsp3) is 0.533. The molecule has 1 N–H and O–H groups in total. The molecule has 3 aromatic rings. The number of carboxylic acid groups (broad SMARTS) is 1. The highest BCUT2D eigenvalue weighted by molar-refractivity contribution is 6.30. The van der Waals surface area contributed by atoms with Crippen LogP contribution in [0.2, 0.25) is 5.02 Å². The second kappa shape index (κ2) is 10.2. The number of piperidine rings is 1. The van der Waals surface area contributed by atoms with Crippen molar-refractivity contribution in [1.82, 2.24) is 19.2 Å². The summed E-state index contributed by atoms with van der Waals surface area (Å²) in [6, 6.07) is 10.7. The van der Waals surface area contributed by atoms with Gasteiger partial charge in [-0.15, -0.1) is 0 Å². The minimum atomic E-state index is -0.864. The fourth-order valence-corrected chi connectivity index (χ4v) is 7.26. The summed E-state index contributed by atoms with van der Waals surface area (Å²) in [5, 5.41) is 11.0. The van der Waals surface area contributed by atoms with Crippen LogP contribution in [0.4, 0.5) is 4.39 Å². The maximum Gasteiger partial charge on any atom is 0.324 e. The lowest BCUT2D eigenvalue weighted by atomic mass is 9.70. The van der Waals surface area contributed by atoms with Gasteiger partial charge in [-0.1, -0.05) is 30.2 Å². The van der Waals surface area contributed by atoms with E-state index in [9.17, 15) is 14.3 Å². The zero-order chi connectivity index (χ0) is 26.4. The predicted octanol–water partition coefficient (Wildman–Crippen LogP) is 5.67. The van der Waals surface area contributed by atoms with Crippen LogP contribution < -0.4 is 0 Å². The fourth-order valence-electron chi connectivity index (χ4n) is 7.11. The van der Waals surface area contributed by atoms with Crippen molar-refractivity contribution in [3.63, 3.8) is 0 Å². The monoisotopic (exact) mass is 538 g/mol. The Kier molecular flexibility index (Phi) is 6.95. The van der Waals surface area contributed by atoms with E-state index in [4.69, 9.17) is 11.6 Å². The average molecular weight is 539 g/mol. The van der Waals surface area contributed by atoms with Gasteiger partial charge >= 0.3 is 5.97 Å². The van der Waals surface area contributed by atoms with E-state index in [0.29, 0.717) is 17.5 Å². The topological polar surface area (TPSA) is 61.1 Å². The zero-order valence-corrected chi connectivity index (χ0v) is 22.7. The summed E-state index contributed by atoms with van der Waals surface area (Å²) in [6.07, 6.45) is 9.12. The predicted molar refractivity (Wildman–Crippen MR) is 146 cm³/mol. The normalized spacial score (nSPS) is 25.4. The molecule has 1 aliphatic carbocycles. The van der Waals surface area contributed by atoms with E-state index in [1.165, 1.54) is 11.8 Å². The van der Waals surface area contributed by atoms with Crippen molar-refractivity contribution >= 4 is 23.2 Å². The zero-order valence-electron chi connectivity index (χ0n) is 21.9. The van der Waals surface area contributed by atoms with E-state index in [1.54, 1.807) is 12.1 Å². The van der Waals surface area contributed by atoms with E-state index in [1.807, 2.05) is 37.5 Å². The lowest BCUT2D eigenvalue weighted by Crippen LogP contribution is -2.58. The minimum Gasteiger partial charge on any atom is -0.480 e. The Morgan fingerprint density at radius 2 is 1.95 bits per heavy atom. The van der Waals surface area contributed by atoms with E-state index in [2.05, 4.69) is 19.2 Å². The van der Waals surface area contributed by atoms with Crippen LogP contribution in [0.5, 0.6) is 0 Å². The van der Waals surface area contributed by atoms with Gasteiger partial charge in [-0.2, -0.15) is 0 Å². The molecule has 4 heterocycles. The number of fused-ring (bicyclic) bond motifs is 1. The molecule has 6 rings (SSSR count). The molecule has 0 bridgehead atoms. The highest BCUT2D eigenvalue weighted by Crippen LogP contribution is 2.45. The van der Waals surface area contributed by atoms with Gasteiger partial charge in [0, 0.05) is 54.6 Å². The van der Waals surface area contributed by atoms with E-state index in [0.717, 1.165) is 69.5 Å². The molecule has 0 amide bonds. The Morgan fingerprint density at radius 1 is 1.16 bits per heavy atom. The Morgan fingerprint density at radius 3 is 2.63 bits per heavy atom. The number of nitrogens with zero attached hydrogens (tertiary/aromatic N) is 4. The number of hydrogen-bond acceptors (Lipinski definition) is 4. The molecule has 3 fully saturated rings. The SMILES string of the molecule is C[C@](C(=O)O)(C1CCC1)N1C[C@H](CN2CCC(c3cnc4cc(Cl)ccn34)CC2)[C@@H](c2cccc(F)c2)C1. The van der Waals surface area contributed by atoms with Gasteiger partial charge in [0.05, 0.1) is 0 Å². The van der Waals surface area contributed by atoms with Crippen molar-refractivity contribution in [2.75, 3.05) is 32.7 Å². The average Bonchev–Trinajstić information content (AvgIpc) is 3.48. The highest BCUT2D eigenvalue weighted by atomic mass is 35.5. The van der Waals surface area contributed by atoms with Gasteiger partial charge < -0.3 is 14.4 Å². The summed E-state index contributed by atoms with van der Waals surface area (Å²) in [4.78, 5) is 21.9. The quantitative estimate of drug-likeness (QED) is 0.420. The van der Waals surface area contributed by atoms with Gasteiger partial charge in [0.1, 0.15) is 17.0 Å². The number of imidazole rings is 1. The third-order valence-corrected chi connectivity index (χ3v) is 9.95. The van der Waals surface area contributed by atoms with Gasteiger partial charge in [0.25, 0.3) is 0 Å². The molecule has 0 unspecified atom stereocenters.